The van der Waals surface area contributed by atoms with Crippen LogP contribution in [-0.2, 0) is 26.6 Å². The first-order valence-corrected chi connectivity index (χ1v) is 11.3. The SMILES string of the molecule is Cn1c(=O)c2c(nc(Oc3ccc(C45CC6CC(CC(C6)C4)C5)cc3)n2C)n(C)c1=O. The third kappa shape index (κ3) is 2.68. The average molecular weight is 421 g/mol. The molecule has 4 aliphatic rings. The molecule has 3 aromatic rings. The fraction of sp³-hybridized carbons (Fsp3) is 0.542. The fourth-order valence-corrected chi connectivity index (χ4v) is 7.04. The lowest BCUT2D eigenvalue weighted by Crippen LogP contribution is -2.48. The number of aryl methyl sites for hydroxylation is 2. The number of benzene rings is 1. The maximum Gasteiger partial charge on any atom is 0.332 e. The van der Waals surface area contributed by atoms with Crippen LogP contribution in [0.15, 0.2) is 33.9 Å². The number of rotatable bonds is 3. The largest absolute Gasteiger partial charge is 0.425 e. The fourth-order valence-electron chi connectivity index (χ4n) is 7.04. The molecular formula is C24H28N4O3. The molecule has 0 N–H and O–H groups in total. The van der Waals surface area contributed by atoms with Crippen molar-refractivity contribution < 1.29 is 4.74 Å². The second kappa shape index (κ2) is 6.34. The van der Waals surface area contributed by atoms with Crippen LogP contribution in [0.25, 0.3) is 11.2 Å². The minimum Gasteiger partial charge on any atom is -0.425 e. The molecule has 4 bridgehead atoms. The molecule has 162 valence electrons. The van der Waals surface area contributed by atoms with Crippen LogP contribution < -0.4 is 16.0 Å². The zero-order valence-corrected chi connectivity index (χ0v) is 18.3. The Morgan fingerprint density at radius 2 is 1.45 bits per heavy atom. The van der Waals surface area contributed by atoms with Crippen LogP contribution in [0.4, 0.5) is 0 Å². The van der Waals surface area contributed by atoms with E-state index in [9.17, 15) is 9.59 Å². The van der Waals surface area contributed by atoms with Gasteiger partial charge in [0, 0.05) is 21.1 Å². The highest BCUT2D eigenvalue weighted by Gasteiger charge is 2.51. The Balaban J connectivity index is 1.32. The van der Waals surface area contributed by atoms with Crippen LogP contribution in [0.2, 0.25) is 0 Å². The lowest BCUT2D eigenvalue weighted by Gasteiger charge is -2.57. The highest BCUT2D eigenvalue weighted by atomic mass is 16.5. The van der Waals surface area contributed by atoms with Crippen molar-refractivity contribution >= 4 is 11.2 Å². The molecule has 7 nitrogen and oxygen atoms in total. The van der Waals surface area contributed by atoms with Gasteiger partial charge in [-0.05, 0) is 79.4 Å². The Labute approximate surface area is 180 Å². The average Bonchev–Trinajstić information content (AvgIpc) is 3.06. The van der Waals surface area contributed by atoms with E-state index in [-0.39, 0.29) is 5.56 Å². The maximum absolute atomic E-state index is 12.6. The first kappa shape index (κ1) is 18.9. The lowest BCUT2D eigenvalue weighted by molar-refractivity contribution is -0.00520. The molecule has 0 radical (unpaired) electrons. The molecule has 0 unspecified atom stereocenters. The zero-order valence-electron chi connectivity index (χ0n) is 18.3. The van der Waals surface area contributed by atoms with Crippen molar-refractivity contribution in [3.05, 3.63) is 50.7 Å². The number of nitrogens with zero attached hydrogens (tertiary/aromatic N) is 4. The summed E-state index contributed by atoms with van der Waals surface area (Å²) in [5, 5.41) is 0. The highest BCUT2D eigenvalue weighted by Crippen LogP contribution is 2.60. The smallest absolute Gasteiger partial charge is 0.332 e. The van der Waals surface area contributed by atoms with E-state index >= 15 is 0 Å². The molecule has 0 aliphatic heterocycles. The first-order valence-electron chi connectivity index (χ1n) is 11.3. The van der Waals surface area contributed by atoms with Crippen LogP contribution >= 0.6 is 0 Å². The monoisotopic (exact) mass is 420 g/mol. The number of imidazole rings is 1. The highest BCUT2D eigenvalue weighted by molar-refractivity contribution is 5.71. The number of fused-ring (bicyclic) bond motifs is 1. The summed E-state index contributed by atoms with van der Waals surface area (Å²) in [7, 11) is 4.82. The van der Waals surface area contributed by atoms with Crippen molar-refractivity contribution in [2.75, 3.05) is 0 Å². The minimum absolute atomic E-state index is 0.302. The molecule has 7 heteroatoms. The predicted octanol–water partition coefficient (Wildman–Crippen LogP) is 3.23. The Bertz CT molecular complexity index is 1280. The third-order valence-corrected chi connectivity index (χ3v) is 8.15. The quantitative estimate of drug-likeness (QED) is 0.652. The molecule has 1 aromatic carbocycles. The molecule has 2 heterocycles. The van der Waals surface area contributed by atoms with Crippen molar-refractivity contribution in [2.24, 2.45) is 38.9 Å². The van der Waals surface area contributed by atoms with E-state index < -0.39 is 5.69 Å². The third-order valence-electron chi connectivity index (χ3n) is 8.15. The summed E-state index contributed by atoms with van der Waals surface area (Å²) < 4.78 is 10.1. The molecule has 4 aliphatic carbocycles. The van der Waals surface area contributed by atoms with Gasteiger partial charge in [0.25, 0.3) is 5.56 Å². The summed E-state index contributed by atoms with van der Waals surface area (Å²) in [6.07, 6.45) is 8.32. The van der Waals surface area contributed by atoms with E-state index in [0.717, 1.165) is 22.3 Å². The van der Waals surface area contributed by atoms with Crippen molar-refractivity contribution in [2.45, 2.75) is 43.9 Å². The Kier molecular flexibility index (Phi) is 3.87. The number of ether oxygens (including phenoxy) is 1. The van der Waals surface area contributed by atoms with E-state index in [2.05, 4.69) is 17.1 Å². The number of hydrogen-bond donors (Lipinski definition) is 0. The summed E-state index contributed by atoms with van der Waals surface area (Å²) in [6.45, 7) is 0. The molecule has 0 atom stereocenters. The van der Waals surface area contributed by atoms with E-state index in [0.29, 0.717) is 28.3 Å². The summed E-state index contributed by atoms with van der Waals surface area (Å²) >= 11 is 0. The molecule has 0 saturated heterocycles. The first-order chi connectivity index (χ1) is 14.8. The second-order valence-electron chi connectivity index (χ2n) is 10.2. The molecule has 0 spiro atoms. The van der Waals surface area contributed by atoms with Gasteiger partial charge in [0.2, 0.25) is 0 Å². The Morgan fingerprint density at radius 1 is 0.871 bits per heavy atom. The normalized spacial score (nSPS) is 29.1. The predicted molar refractivity (Wildman–Crippen MR) is 118 cm³/mol. The van der Waals surface area contributed by atoms with Gasteiger partial charge in [0.15, 0.2) is 11.2 Å². The van der Waals surface area contributed by atoms with Crippen LogP contribution in [0.3, 0.4) is 0 Å². The van der Waals surface area contributed by atoms with Gasteiger partial charge in [-0.15, -0.1) is 0 Å². The summed E-state index contributed by atoms with van der Waals surface area (Å²) in [5.74, 6) is 3.43. The zero-order chi connectivity index (χ0) is 21.5. The standard InChI is InChI=1S/C24H28N4O3/c1-26-19-20(27(2)23(30)28(3)21(19)29)25-22(26)31-18-6-4-17(5-7-18)24-11-14-8-15(12-24)10-16(9-14)13-24/h4-7,14-16H,8-13H2,1-3H3. The van der Waals surface area contributed by atoms with Gasteiger partial charge in [-0.3, -0.25) is 18.5 Å². The minimum atomic E-state index is -0.401. The molecule has 0 amide bonds. The van der Waals surface area contributed by atoms with E-state index in [1.54, 1.807) is 18.7 Å². The Morgan fingerprint density at radius 3 is 2.03 bits per heavy atom. The summed E-state index contributed by atoms with van der Waals surface area (Å²) in [4.78, 5) is 29.2. The number of hydrogen-bond acceptors (Lipinski definition) is 4. The van der Waals surface area contributed by atoms with Gasteiger partial charge in [-0.2, -0.15) is 4.98 Å². The van der Waals surface area contributed by atoms with Crippen molar-refractivity contribution in [1.29, 1.82) is 0 Å². The van der Waals surface area contributed by atoms with E-state index in [1.807, 2.05) is 12.1 Å². The van der Waals surface area contributed by atoms with Crippen LogP contribution in [-0.4, -0.2) is 18.7 Å². The number of aromatic nitrogens is 4. The van der Waals surface area contributed by atoms with E-state index in [4.69, 9.17) is 4.74 Å². The van der Waals surface area contributed by atoms with Crippen LogP contribution in [0.5, 0.6) is 11.8 Å². The van der Waals surface area contributed by atoms with Crippen LogP contribution in [0.1, 0.15) is 44.1 Å². The van der Waals surface area contributed by atoms with Crippen molar-refractivity contribution in [3.8, 4) is 11.8 Å². The molecule has 4 fully saturated rings. The van der Waals surface area contributed by atoms with Gasteiger partial charge < -0.3 is 4.74 Å². The topological polar surface area (TPSA) is 71.1 Å². The van der Waals surface area contributed by atoms with Gasteiger partial charge in [0.05, 0.1) is 0 Å². The van der Waals surface area contributed by atoms with E-state index in [1.165, 1.54) is 55.7 Å². The van der Waals surface area contributed by atoms with Gasteiger partial charge in [0.1, 0.15) is 5.75 Å². The Hall–Kier alpha value is -2.83. The maximum atomic E-state index is 12.6. The van der Waals surface area contributed by atoms with Crippen molar-refractivity contribution in [1.82, 2.24) is 18.7 Å². The van der Waals surface area contributed by atoms with Gasteiger partial charge in [-0.1, -0.05) is 12.1 Å². The molecular weight excluding hydrogens is 392 g/mol. The molecule has 4 saturated carbocycles. The van der Waals surface area contributed by atoms with Crippen LogP contribution in [0, 0.1) is 17.8 Å². The molecule has 31 heavy (non-hydrogen) atoms. The summed E-state index contributed by atoms with van der Waals surface area (Å²) in [6, 6.07) is 8.78. The van der Waals surface area contributed by atoms with Gasteiger partial charge in [-0.25, -0.2) is 4.79 Å². The molecule has 2 aromatic heterocycles. The van der Waals surface area contributed by atoms with Crippen molar-refractivity contribution in [3.63, 3.8) is 0 Å². The summed E-state index contributed by atoms with van der Waals surface area (Å²) in [5.41, 5.74) is 1.71. The van der Waals surface area contributed by atoms with Gasteiger partial charge >= 0.3 is 11.7 Å². The lowest BCUT2D eigenvalue weighted by atomic mass is 9.48. The second-order valence-corrected chi connectivity index (χ2v) is 10.2. The molecule has 7 rings (SSSR count).